The zero-order valence-corrected chi connectivity index (χ0v) is 8.42. The number of hydrogen-bond acceptors (Lipinski definition) is 2. The number of β-lactam (4-membered cyclic amide) rings is 1. The minimum atomic E-state index is 0.102. The fourth-order valence-electron chi connectivity index (χ4n) is 2.42. The lowest BCUT2D eigenvalue weighted by Gasteiger charge is -2.34. The second-order valence-electron chi connectivity index (χ2n) is 4.40. The lowest BCUT2D eigenvalue weighted by Crippen LogP contribution is -2.54. The standard InChI is InChI=1S/C11H17NO2/c13-10-6-4-2-1-3-5-8(10)9-7-11(14)12-9/h8-9H,1-7H2,(H,12,14)/t8-,9-/m0/s1. The molecule has 14 heavy (non-hydrogen) atoms. The molecule has 3 nitrogen and oxygen atoms in total. The number of carbonyl (C=O) groups is 2. The third-order valence-electron chi connectivity index (χ3n) is 3.34. The van der Waals surface area contributed by atoms with Gasteiger partial charge in [-0.3, -0.25) is 9.59 Å². The monoisotopic (exact) mass is 195 g/mol. The van der Waals surface area contributed by atoms with Gasteiger partial charge in [-0.25, -0.2) is 0 Å². The highest BCUT2D eigenvalue weighted by Crippen LogP contribution is 2.26. The first-order valence-corrected chi connectivity index (χ1v) is 5.59. The Kier molecular flexibility index (Phi) is 2.85. The summed E-state index contributed by atoms with van der Waals surface area (Å²) in [6, 6.07) is 0.160. The van der Waals surface area contributed by atoms with E-state index in [1.807, 2.05) is 0 Å². The average molecular weight is 195 g/mol. The van der Waals surface area contributed by atoms with Gasteiger partial charge in [0.05, 0.1) is 0 Å². The minimum absolute atomic E-state index is 0.102. The molecule has 2 fully saturated rings. The smallest absolute Gasteiger partial charge is 0.222 e. The lowest BCUT2D eigenvalue weighted by atomic mass is 9.81. The fraction of sp³-hybridized carbons (Fsp3) is 0.818. The van der Waals surface area contributed by atoms with Gasteiger partial charge >= 0.3 is 0 Å². The summed E-state index contributed by atoms with van der Waals surface area (Å²) < 4.78 is 0. The van der Waals surface area contributed by atoms with Gasteiger partial charge in [0.15, 0.2) is 0 Å². The van der Waals surface area contributed by atoms with Crippen LogP contribution in [0.5, 0.6) is 0 Å². The predicted molar refractivity (Wildman–Crippen MR) is 52.7 cm³/mol. The summed E-state index contributed by atoms with van der Waals surface area (Å²) in [7, 11) is 0. The molecule has 0 aromatic carbocycles. The SMILES string of the molecule is O=C1C[C@@H]([C@@H]2CCCCCCC2=O)N1. The Hall–Kier alpha value is -0.860. The van der Waals surface area contributed by atoms with Gasteiger partial charge in [0, 0.05) is 24.8 Å². The molecular formula is C11H17NO2. The highest BCUT2D eigenvalue weighted by molar-refractivity contribution is 5.88. The zero-order chi connectivity index (χ0) is 9.97. The van der Waals surface area contributed by atoms with Crippen LogP contribution >= 0.6 is 0 Å². The second kappa shape index (κ2) is 4.11. The Morgan fingerprint density at radius 2 is 1.79 bits per heavy atom. The first-order chi connectivity index (χ1) is 6.77. The van der Waals surface area contributed by atoms with Crippen LogP contribution in [0.15, 0.2) is 0 Å². The molecule has 1 amide bonds. The van der Waals surface area contributed by atoms with Crippen LogP contribution in [0, 0.1) is 5.92 Å². The Balaban J connectivity index is 1.92. The zero-order valence-electron chi connectivity index (χ0n) is 8.42. The van der Waals surface area contributed by atoms with Crippen LogP contribution < -0.4 is 5.32 Å². The molecule has 1 aliphatic heterocycles. The molecule has 0 aromatic heterocycles. The van der Waals surface area contributed by atoms with E-state index < -0.39 is 0 Å². The van der Waals surface area contributed by atoms with E-state index in [1.165, 1.54) is 12.8 Å². The van der Waals surface area contributed by atoms with Crippen LogP contribution in [0.3, 0.4) is 0 Å². The number of Topliss-reactive ketones (excluding diaryl/α,β-unsaturated/α-hetero) is 1. The quantitative estimate of drug-likeness (QED) is 0.643. The summed E-state index contributed by atoms with van der Waals surface area (Å²) >= 11 is 0. The Morgan fingerprint density at radius 1 is 1.07 bits per heavy atom. The third kappa shape index (κ3) is 1.97. The number of ketones is 1. The van der Waals surface area contributed by atoms with E-state index in [1.54, 1.807) is 0 Å². The Bertz CT molecular complexity index is 242. The van der Waals surface area contributed by atoms with E-state index >= 15 is 0 Å². The second-order valence-corrected chi connectivity index (χ2v) is 4.40. The van der Waals surface area contributed by atoms with Crippen molar-refractivity contribution in [1.82, 2.24) is 5.32 Å². The van der Waals surface area contributed by atoms with Crippen molar-refractivity contribution in [2.75, 3.05) is 0 Å². The molecule has 0 radical (unpaired) electrons. The summed E-state index contributed by atoms with van der Waals surface area (Å²) in [5.74, 6) is 0.590. The van der Waals surface area contributed by atoms with Crippen molar-refractivity contribution in [2.45, 2.75) is 51.0 Å². The maximum absolute atomic E-state index is 11.8. The van der Waals surface area contributed by atoms with Crippen molar-refractivity contribution >= 4 is 11.7 Å². The minimum Gasteiger partial charge on any atom is -0.352 e. The van der Waals surface area contributed by atoms with Gasteiger partial charge in [-0.1, -0.05) is 19.3 Å². The molecule has 2 aliphatic rings. The molecule has 1 aliphatic carbocycles. The summed E-state index contributed by atoms with van der Waals surface area (Å²) in [6.07, 6.45) is 6.87. The first-order valence-electron chi connectivity index (χ1n) is 5.59. The number of hydrogen-bond donors (Lipinski definition) is 1. The van der Waals surface area contributed by atoms with Crippen LogP contribution in [0.2, 0.25) is 0 Å². The van der Waals surface area contributed by atoms with Crippen molar-refractivity contribution in [3.05, 3.63) is 0 Å². The fourth-order valence-corrected chi connectivity index (χ4v) is 2.42. The molecule has 2 atom stereocenters. The van der Waals surface area contributed by atoms with E-state index in [0.717, 1.165) is 25.7 Å². The Labute approximate surface area is 84.2 Å². The van der Waals surface area contributed by atoms with Gasteiger partial charge in [0.25, 0.3) is 0 Å². The topological polar surface area (TPSA) is 46.2 Å². The number of carbonyl (C=O) groups excluding carboxylic acids is 2. The maximum atomic E-state index is 11.8. The predicted octanol–water partition coefficient (Wildman–Crippen LogP) is 1.41. The van der Waals surface area contributed by atoms with Crippen LogP contribution in [0.1, 0.15) is 44.9 Å². The molecule has 1 heterocycles. The number of amides is 1. The van der Waals surface area contributed by atoms with E-state index in [-0.39, 0.29) is 17.9 Å². The number of nitrogens with one attached hydrogen (secondary N) is 1. The van der Waals surface area contributed by atoms with Gasteiger partial charge in [-0.2, -0.15) is 0 Å². The largest absolute Gasteiger partial charge is 0.352 e. The third-order valence-corrected chi connectivity index (χ3v) is 3.34. The molecule has 0 unspecified atom stereocenters. The average Bonchev–Trinajstić information content (AvgIpc) is 2.08. The van der Waals surface area contributed by atoms with E-state index in [0.29, 0.717) is 12.2 Å². The highest BCUT2D eigenvalue weighted by atomic mass is 16.2. The molecule has 1 saturated heterocycles. The molecule has 0 spiro atoms. The van der Waals surface area contributed by atoms with Gasteiger partial charge in [-0.05, 0) is 12.8 Å². The molecule has 78 valence electrons. The van der Waals surface area contributed by atoms with Crippen molar-refractivity contribution in [1.29, 1.82) is 0 Å². The van der Waals surface area contributed by atoms with Crippen molar-refractivity contribution in [3.8, 4) is 0 Å². The van der Waals surface area contributed by atoms with Gasteiger partial charge < -0.3 is 5.32 Å². The molecule has 3 heteroatoms. The molecular weight excluding hydrogens is 178 g/mol. The lowest BCUT2D eigenvalue weighted by molar-refractivity contribution is -0.133. The van der Waals surface area contributed by atoms with Gasteiger partial charge in [0.1, 0.15) is 5.78 Å². The summed E-state index contributed by atoms with van der Waals surface area (Å²) in [5.41, 5.74) is 0. The molecule has 2 rings (SSSR count). The van der Waals surface area contributed by atoms with Crippen LogP contribution in [0.25, 0.3) is 0 Å². The highest BCUT2D eigenvalue weighted by Gasteiger charge is 2.36. The van der Waals surface area contributed by atoms with Crippen LogP contribution in [-0.4, -0.2) is 17.7 Å². The molecule has 0 aromatic rings. The molecule has 1 N–H and O–H groups in total. The van der Waals surface area contributed by atoms with Gasteiger partial charge in [0.2, 0.25) is 5.91 Å². The van der Waals surface area contributed by atoms with Crippen molar-refractivity contribution < 1.29 is 9.59 Å². The van der Waals surface area contributed by atoms with Crippen LogP contribution in [0.4, 0.5) is 0 Å². The normalized spacial score (nSPS) is 34.0. The van der Waals surface area contributed by atoms with Crippen molar-refractivity contribution in [3.63, 3.8) is 0 Å². The van der Waals surface area contributed by atoms with E-state index in [2.05, 4.69) is 5.32 Å². The maximum Gasteiger partial charge on any atom is 0.222 e. The molecule has 1 saturated carbocycles. The van der Waals surface area contributed by atoms with Crippen molar-refractivity contribution in [2.24, 2.45) is 5.92 Å². The summed E-state index contributed by atoms with van der Waals surface area (Å²) in [6.45, 7) is 0. The molecule has 0 bridgehead atoms. The van der Waals surface area contributed by atoms with E-state index in [4.69, 9.17) is 0 Å². The Morgan fingerprint density at radius 3 is 2.50 bits per heavy atom. The van der Waals surface area contributed by atoms with Crippen LogP contribution in [-0.2, 0) is 9.59 Å². The van der Waals surface area contributed by atoms with Gasteiger partial charge in [-0.15, -0.1) is 0 Å². The first kappa shape index (κ1) is 9.69. The summed E-state index contributed by atoms with van der Waals surface area (Å²) in [4.78, 5) is 22.5. The van der Waals surface area contributed by atoms with E-state index in [9.17, 15) is 9.59 Å². The number of rotatable bonds is 1. The summed E-state index contributed by atoms with van der Waals surface area (Å²) in [5, 5.41) is 2.83.